The van der Waals surface area contributed by atoms with Crippen molar-refractivity contribution in [3.8, 4) is 11.3 Å². The highest BCUT2D eigenvalue weighted by molar-refractivity contribution is 5.78. The first kappa shape index (κ1) is 18.2. The van der Waals surface area contributed by atoms with Gasteiger partial charge in [0.1, 0.15) is 0 Å². The Hall–Kier alpha value is -3.13. The summed E-state index contributed by atoms with van der Waals surface area (Å²) >= 11 is 0. The first-order valence-electron chi connectivity index (χ1n) is 9.00. The SMILES string of the molecule is O=C(CN1CCc2[nH]nc(-c3ccc(F)c(F)c3)c2C1)NCc1ccccn1. The molecule has 0 aliphatic carbocycles. The molecule has 0 bridgehead atoms. The highest BCUT2D eigenvalue weighted by Crippen LogP contribution is 2.29. The number of halogens is 2. The molecule has 1 aliphatic heterocycles. The molecule has 0 atom stereocenters. The maximum Gasteiger partial charge on any atom is 0.234 e. The molecule has 4 rings (SSSR count). The Balaban J connectivity index is 1.42. The van der Waals surface area contributed by atoms with Gasteiger partial charge in [0.2, 0.25) is 5.91 Å². The molecule has 1 aromatic carbocycles. The third kappa shape index (κ3) is 3.91. The Kier molecular flexibility index (Phi) is 5.12. The van der Waals surface area contributed by atoms with Crippen LogP contribution >= 0.6 is 0 Å². The first-order valence-corrected chi connectivity index (χ1v) is 9.00. The highest BCUT2D eigenvalue weighted by Gasteiger charge is 2.24. The van der Waals surface area contributed by atoms with Crippen molar-refractivity contribution < 1.29 is 13.6 Å². The summed E-state index contributed by atoms with van der Waals surface area (Å²) in [6.07, 6.45) is 2.39. The van der Waals surface area contributed by atoms with Crippen molar-refractivity contribution in [1.29, 1.82) is 0 Å². The van der Waals surface area contributed by atoms with Gasteiger partial charge in [-0.1, -0.05) is 6.07 Å². The fraction of sp³-hybridized carbons (Fsp3) is 0.250. The van der Waals surface area contributed by atoms with Crippen molar-refractivity contribution in [3.63, 3.8) is 0 Å². The summed E-state index contributed by atoms with van der Waals surface area (Å²) in [6, 6.07) is 9.30. The lowest BCUT2D eigenvalue weighted by Crippen LogP contribution is -2.39. The number of pyridine rings is 1. The molecule has 1 amide bonds. The predicted octanol–water partition coefficient (Wildman–Crippen LogP) is 2.42. The number of aromatic nitrogens is 3. The maximum absolute atomic E-state index is 13.6. The molecule has 28 heavy (non-hydrogen) atoms. The van der Waals surface area contributed by atoms with Crippen LogP contribution in [-0.2, 0) is 24.3 Å². The molecule has 2 N–H and O–H groups in total. The molecule has 0 spiro atoms. The Bertz CT molecular complexity index is 990. The number of fused-ring (bicyclic) bond motifs is 1. The van der Waals surface area contributed by atoms with Gasteiger partial charge in [-0.05, 0) is 30.3 Å². The summed E-state index contributed by atoms with van der Waals surface area (Å²) in [7, 11) is 0. The monoisotopic (exact) mass is 383 g/mol. The summed E-state index contributed by atoms with van der Waals surface area (Å²) in [4.78, 5) is 18.5. The summed E-state index contributed by atoms with van der Waals surface area (Å²) in [6.45, 7) is 1.85. The second-order valence-electron chi connectivity index (χ2n) is 6.72. The predicted molar refractivity (Wildman–Crippen MR) is 99.0 cm³/mol. The van der Waals surface area contributed by atoms with E-state index in [0.29, 0.717) is 37.3 Å². The summed E-state index contributed by atoms with van der Waals surface area (Å²) in [5.41, 5.74) is 3.78. The number of H-pyrrole nitrogens is 1. The zero-order chi connectivity index (χ0) is 19.5. The lowest BCUT2D eigenvalue weighted by molar-refractivity contribution is -0.122. The van der Waals surface area contributed by atoms with Crippen LogP contribution in [0.4, 0.5) is 8.78 Å². The second-order valence-corrected chi connectivity index (χ2v) is 6.72. The number of aromatic amines is 1. The van der Waals surface area contributed by atoms with E-state index in [1.807, 2.05) is 23.1 Å². The number of benzene rings is 1. The molecule has 144 valence electrons. The van der Waals surface area contributed by atoms with E-state index in [1.165, 1.54) is 6.07 Å². The normalized spacial score (nSPS) is 13.9. The molecule has 1 aliphatic rings. The molecule has 0 fully saturated rings. The minimum absolute atomic E-state index is 0.0908. The van der Waals surface area contributed by atoms with Crippen molar-refractivity contribution in [2.45, 2.75) is 19.5 Å². The smallest absolute Gasteiger partial charge is 0.234 e. The number of nitrogens with zero attached hydrogens (tertiary/aromatic N) is 3. The topological polar surface area (TPSA) is 73.9 Å². The van der Waals surface area contributed by atoms with Crippen LogP contribution in [-0.4, -0.2) is 39.1 Å². The molecule has 6 nitrogen and oxygen atoms in total. The van der Waals surface area contributed by atoms with E-state index in [1.54, 1.807) is 6.20 Å². The van der Waals surface area contributed by atoms with Crippen LogP contribution in [0.25, 0.3) is 11.3 Å². The van der Waals surface area contributed by atoms with Crippen LogP contribution < -0.4 is 5.32 Å². The highest BCUT2D eigenvalue weighted by atomic mass is 19.2. The van der Waals surface area contributed by atoms with Crippen LogP contribution in [0, 0.1) is 11.6 Å². The van der Waals surface area contributed by atoms with E-state index < -0.39 is 11.6 Å². The molecular formula is C20H19F2N5O. The number of carbonyl (C=O) groups is 1. The molecule has 3 aromatic rings. The van der Waals surface area contributed by atoms with Crippen LogP contribution in [0.15, 0.2) is 42.6 Å². The maximum atomic E-state index is 13.6. The van der Waals surface area contributed by atoms with E-state index in [2.05, 4.69) is 20.5 Å². The summed E-state index contributed by atoms with van der Waals surface area (Å²) in [5, 5.41) is 10.1. The van der Waals surface area contributed by atoms with Gasteiger partial charge in [-0.2, -0.15) is 5.10 Å². The minimum atomic E-state index is -0.907. The van der Waals surface area contributed by atoms with Gasteiger partial charge >= 0.3 is 0 Å². The van der Waals surface area contributed by atoms with Crippen molar-refractivity contribution in [3.05, 3.63) is 71.2 Å². The molecule has 2 aromatic heterocycles. The Labute approximate surface area is 160 Å². The number of hydrogen-bond acceptors (Lipinski definition) is 4. The fourth-order valence-electron chi connectivity index (χ4n) is 3.32. The van der Waals surface area contributed by atoms with Gasteiger partial charge in [-0.3, -0.25) is 19.8 Å². The third-order valence-electron chi connectivity index (χ3n) is 4.77. The minimum Gasteiger partial charge on any atom is -0.349 e. The average Bonchev–Trinajstić information content (AvgIpc) is 3.12. The van der Waals surface area contributed by atoms with E-state index in [-0.39, 0.29) is 12.5 Å². The molecular weight excluding hydrogens is 364 g/mol. The summed E-state index contributed by atoms with van der Waals surface area (Å²) < 4.78 is 26.8. The van der Waals surface area contributed by atoms with Gasteiger partial charge in [0.25, 0.3) is 0 Å². The summed E-state index contributed by atoms with van der Waals surface area (Å²) in [5.74, 6) is -1.89. The van der Waals surface area contributed by atoms with Crippen molar-refractivity contribution >= 4 is 5.91 Å². The van der Waals surface area contributed by atoms with Crippen LogP contribution in [0.3, 0.4) is 0 Å². The van der Waals surface area contributed by atoms with Crippen molar-refractivity contribution in [2.24, 2.45) is 0 Å². The van der Waals surface area contributed by atoms with Gasteiger partial charge in [0.05, 0.1) is 24.5 Å². The zero-order valence-electron chi connectivity index (χ0n) is 15.1. The molecule has 0 saturated carbocycles. The number of rotatable bonds is 5. The van der Waals surface area contributed by atoms with Crippen LogP contribution in [0.2, 0.25) is 0 Å². The quantitative estimate of drug-likeness (QED) is 0.710. The lowest BCUT2D eigenvalue weighted by atomic mass is 10.0. The van der Waals surface area contributed by atoms with Crippen LogP contribution in [0.5, 0.6) is 0 Å². The first-order chi connectivity index (χ1) is 13.6. The van der Waals surface area contributed by atoms with Crippen molar-refractivity contribution in [1.82, 2.24) is 25.4 Å². The number of amides is 1. The third-order valence-corrected chi connectivity index (χ3v) is 4.77. The van der Waals surface area contributed by atoms with E-state index in [9.17, 15) is 13.6 Å². The molecule has 0 saturated heterocycles. The molecule has 0 unspecified atom stereocenters. The number of carbonyl (C=O) groups excluding carboxylic acids is 1. The molecule has 3 heterocycles. The largest absolute Gasteiger partial charge is 0.349 e. The number of nitrogens with one attached hydrogen (secondary N) is 2. The number of hydrogen-bond donors (Lipinski definition) is 2. The van der Waals surface area contributed by atoms with Crippen molar-refractivity contribution in [2.75, 3.05) is 13.1 Å². The van der Waals surface area contributed by atoms with E-state index in [4.69, 9.17) is 0 Å². The molecule has 8 heteroatoms. The van der Waals surface area contributed by atoms with Gasteiger partial charge < -0.3 is 5.32 Å². The van der Waals surface area contributed by atoms with Gasteiger partial charge in [0, 0.05) is 42.5 Å². The van der Waals surface area contributed by atoms with Gasteiger partial charge in [-0.25, -0.2) is 8.78 Å². The standard InChI is InChI=1S/C20H19F2N5O/c21-16-5-4-13(9-17(16)22)20-15-11-27(8-6-18(15)25-26-20)12-19(28)24-10-14-3-1-2-7-23-14/h1-5,7,9H,6,8,10-12H2,(H,24,28)(H,25,26). The van der Waals surface area contributed by atoms with Gasteiger partial charge in [0.15, 0.2) is 11.6 Å². The van der Waals surface area contributed by atoms with E-state index >= 15 is 0 Å². The Morgan fingerprint density at radius 1 is 1.21 bits per heavy atom. The molecule has 0 radical (unpaired) electrons. The Morgan fingerprint density at radius 3 is 2.89 bits per heavy atom. The lowest BCUT2D eigenvalue weighted by Gasteiger charge is -2.26. The Morgan fingerprint density at radius 2 is 2.11 bits per heavy atom. The average molecular weight is 383 g/mol. The van der Waals surface area contributed by atoms with Crippen LogP contribution in [0.1, 0.15) is 17.0 Å². The van der Waals surface area contributed by atoms with E-state index in [0.717, 1.165) is 29.1 Å². The fourth-order valence-corrected chi connectivity index (χ4v) is 3.32. The van der Waals surface area contributed by atoms with Gasteiger partial charge in [-0.15, -0.1) is 0 Å². The zero-order valence-corrected chi connectivity index (χ0v) is 15.1. The second kappa shape index (κ2) is 7.85.